The number of nitrogens with zero attached hydrogens (tertiary/aromatic N) is 1. The molecule has 3 nitrogen and oxygen atoms in total. The van der Waals surface area contributed by atoms with Crippen molar-refractivity contribution in [2.75, 3.05) is 26.7 Å². The summed E-state index contributed by atoms with van der Waals surface area (Å²) in [5.74, 6) is 0. The Balaban J connectivity index is 1.63. The summed E-state index contributed by atoms with van der Waals surface area (Å²) in [6.45, 7) is 3.48. The molecule has 0 unspecified atom stereocenters. The fourth-order valence-corrected chi connectivity index (χ4v) is 2.21. The van der Waals surface area contributed by atoms with Crippen molar-refractivity contribution in [1.82, 2.24) is 10.2 Å². The molecule has 3 heteroatoms. The molecule has 0 spiro atoms. The monoisotopic (exact) mass is 198 g/mol. The van der Waals surface area contributed by atoms with Crippen molar-refractivity contribution < 1.29 is 5.11 Å². The molecule has 0 aromatic heterocycles. The van der Waals surface area contributed by atoms with Crippen LogP contribution in [0.4, 0.5) is 0 Å². The Labute approximate surface area is 86.5 Å². The molecule has 1 heterocycles. The smallest absolute Gasteiger partial charge is 0.0662 e. The number of hydrogen-bond acceptors (Lipinski definition) is 3. The summed E-state index contributed by atoms with van der Waals surface area (Å²) in [5, 5.41) is 13.1. The Morgan fingerprint density at radius 3 is 2.50 bits per heavy atom. The van der Waals surface area contributed by atoms with Gasteiger partial charge in [0, 0.05) is 12.6 Å². The van der Waals surface area contributed by atoms with Crippen LogP contribution in [-0.4, -0.2) is 48.3 Å². The number of aliphatic hydroxyl groups is 1. The van der Waals surface area contributed by atoms with Crippen molar-refractivity contribution >= 4 is 0 Å². The Hall–Kier alpha value is -0.120. The molecule has 14 heavy (non-hydrogen) atoms. The summed E-state index contributed by atoms with van der Waals surface area (Å²) in [5.41, 5.74) is -0.264. The van der Waals surface area contributed by atoms with E-state index in [0.29, 0.717) is 0 Å². The minimum absolute atomic E-state index is 0.264. The molecule has 0 bridgehead atoms. The van der Waals surface area contributed by atoms with Gasteiger partial charge in [0.1, 0.15) is 0 Å². The molecular formula is C11H22N2O. The van der Waals surface area contributed by atoms with E-state index in [2.05, 4.69) is 10.2 Å². The predicted octanol–water partition coefficient (Wildman–Crippen LogP) is 0.585. The van der Waals surface area contributed by atoms with Crippen LogP contribution >= 0.6 is 0 Å². The van der Waals surface area contributed by atoms with Crippen molar-refractivity contribution in [3.63, 3.8) is 0 Å². The zero-order chi connectivity index (χ0) is 10.0. The topological polar surface area (TPSA) is 35.5 Å². The van der Waals surface area contributed by atoms with Crippen molar-refractivity contribution in [2.24, 2.45) is 0 Å². The van der Waals surface area contributed by atoms with Gasteiger partial charge in [0.05, 0.1) is 5.60 Å². The third-order valence-corrected chi connectivity index (χ3v) is 3.72. The SMILES string of the molecule is CNC1CCN(CCC2(O)CC2)CC1. The molecule has 82 valence electrons. The molecule has 0 aromatic carbocycles. The van der Waals surface area contributed by atoms with Gasteiger partial charge < -0.3 is 15.3 Å². The average molecular weight is 198 g/mol. The second-order valence-electron chi connectivity index (χ2n) is 4.88. The van der Waals surface area contributed by atoms with Crippen LogP contribution in [0.5, 0.6) is 0 Å². The quantitative estimate of drug-likeness (QED) is 0.694. The van der Waals surface area contributed by atoms with E-state index in [1.165, 1.54) is 25.9 Å². The molecule has 2 N–H and O–H groups in total. The Kier molecular flexibility index (Phi) is 3.10. The molecule has 2 aliphatic rings. The standard InChI is InChI=1S/C11H22N2O/c1-12-10-2-7-13(8-3-10)9-6-11(14)4-5-11/h10,12,14H,2-9H2,1H3. The van der Waals surface area contributed by atoms with Crippen LogP contribution in [0.3, 0.4) is 0 Å². The van der Waals surface area contributed by atoms with Crippen LogP contribution in [0.1, 0.15) is 32.1 Å². The largest absolute Gasteiger partial charge is 0.390 e. The summed E-state index contributed by atoms with van der Waals surface area (Å²) in [6.07, 6.45) is 5.56. The van der Waals surface area contributed by atoms with Gasteiger partial charge >= 0.3 is 0 Å². The fraction of sp³-hybridized carbons (Fsp3) is 1.00. The van der Waals surface area contributed by atoms with Gasteiger partial charge in [-0.15, -0.1) is 0 Å². The van der Waals surface area contributed by atoms with E-state index < -0.39 is 0 Å². The number of hydrogen-bond donors (Lipinski definition) is 2. The first-order chi connectivity index (χ1) is 6.72. The summed E-state index contributed by atoms with van der Waals surface area (Å²) in [4.78, 5) is 2.49. The lowest BCUT2D eigenvalue weighted by Crippen LogP contribution is -2.42. The normalized spacial score (nSPS) is 27.9. The summed E-state index contributed by atoms with van der Waals surface area (Å²) in [6, 6.07) is 0.718. The lowest BCUT2D eigenvalue weighted by molar-refractivity contribution is 0.109. The Morgan fingerprint density at radius 1 is 1.36 bits per heavy atom. The van der Waals surface area contributed by atoms with Crippen molar-refractivity contribution in [2.45, 2.75) is 43.7 Å². The highest BCUT2D eigenvalue weighted by molar-refractivity contribution is 4.94. The lowest BCUT2D eigenvalue weighted by atomic mass is 10.0. The first-order valence-electron chi connectivity index (χ1n) is 5.84. The highest BCUT2D eigenvalue weighted by Gasteiger charge is 2.40. The molecule has 0 atom stereocenters. The lowest BCUT2D eigenvalue weighted by Gasteiger charge is -2.32. The predicted molar refractivity (Wildman–Crippen MR) is 57.3 cm³/mol. The summed E-state index contributed by atoms with van der Waals surface area (Å²) >= 11 is 0. The zero-order valence-corrected chi connectivity index (χ0v) is 9.13. The molecule has 1 saturated heterocycles. The highest BCUT2D eigenvalue weighted by Crippen LogP contribution is 2.38. The Morgan fingerprint density at radius 2 is 2.00 bits per heavy atom. The first-order valence-corrected chi connectivity index (χ1v) is 5.84. The van der Waals surface area contributed by atoms with E-state index in [0.717, 1.165) is 31.8 Å². The van der Waals surface area contributed by atoms with Gasteiger partial charge in [-0.2, -0.15) is 0 Å². The molecule has 1 saturated carbocycles. The van der Waals surface area contributed by atoms with Gasteiger partial charge in [0.25, 0.3) is 0 Å². The van der Waals surface area contributed by atoms with Crippen LogP contribution in [0.2, 0.25) is 0 Å². The molecular weight excluding hydrogens is 176 g/mol. The van der Waals surface area contributed by atoms with E-state index in [4.69, 9.17) is 0 Å². The van der Waals surface area contributed by atoms with Crippen molar-refractivity contribution in [1.29, 1.82) is 0 Å². The number of piperidine rings is 1. The summed E-state index contributed by atoms with van der Waals surface area (Å²) < 4.78 is 0. The maximum atomic E-state index is 9.72. The fourth-order valence-electron chi connectivity index (χ4n) is 2.21. The zero-order valence-electron chi connectivity index (χ0n) is 9.13. The van der Waals surface area contributed by atoms with Crippen LogP contribution < -0.4 is 5.32 Å². The number of rotatable bonds is 4. The van der Waals surface area contributed by atoms with E-state index in [-0.39, 0.29) is 5.60 Å². The molecule has 0 amide bonds. The van der Waals surface area contributed by atoms with Gasteiger partial charge in [0.15, 0.2) is 0 Å². The number of nitrogens with one attached hydrogen (secondary N) is 1. The van der Waals surface area contributed by atoms with Gasteiger partial charge in [-0.1, -0.05) is 0 Å². The van der Waals surface area contributed by atoms with E-state index in [1.807, 2.05) is 7.05 Å². The van der Waals surface area contributed by atoms with Gasteiger partial charge in [-0.25, -0.2) is 0 Å². The minimum Gasteiger partial charge on any atom is -0.390 e. The second-order valence-corrected chi connectivity index (χ2v) is 4.88. The van der Waals surface area contributed by atoms with Crippen molar-refractivity contribution in [3.8, 4) is 0 Å². The highest BCUT2D eigenvalue weighted by atomic mass is 16.3. The van der Waals surface area contributed by atoms with Crippen molar-refractivity contribution in [3.05, 3.63) is 0 Å². The van der Waals surface area contributed by atoms with Gasteiger partial charge in [-0.05, 0) is 52.2 Å². The Bertz CT molecular complexity index is 184. The first kappa shape index (κ1) is 10.4. The molecule has 2 rings (SSSR count). The summed E-state index contributed by atoms with van der Waals surface area (Å²) in [7, 11) is 2.05. The average Bonchev–Trinajstić information content (AvgIpc) is 2.95. The second kappa shape index (κ2) is 4.17. The van der Waals surface area contributed by atoms with Crippen LogP contribution in [0.25, 0.3) is 0 Å². The number of likely N-dealkylation sites (tertiary alicyclic amines) is 1. The van der Waals surface area contributed by atoms with Crippen LogP contribution in [0.15, 0.2) is 0 Å². The molecule has 1 aliphatic heterocycles. The molecule has 0 aromatic rings. The van der Waals surface area contributed by atoms with Crippen LogP contribution in [-0.2, 0) is 0 Å². The molecule has 2 fully saturated rings. The third-order valence-electron chi connectivity index (χ3n) is 3.72. The van der Waals surface area contributed by atoms with Gasteiger partial charge in [-0.3, -0.25) is 0 Å². The maximum absolute atomic E-state index is 9.72. The third kappa shape index (κ3) is 2.69. The van der Waals surface area contributed by atoms with Crippen LogP contribution in [0, 0.1) is 0 Å². The van der Waals surface area contributed by atoms with Gasteiger partial charge in [0.2, 0.25) is 0 Å². The van der Waals surface area contributed by atoms with E-state index in [1.54, 1.807) is 0 Å². The van der Waals surface area contributed by atoms with E-state index >= 15 is 0 Å². The maximum Gasteiger partial charge on any atom is 0.0662 e. The molecule has 0 radical (unpaired) electrons. The minimum atomic E-state index is -0.264. The molecule has 1 aliphatic carbocycles. The van der Waals surface area contributed by atoms with E-state index in [9.17, 15) is 5.11 Å².